The van der Waals surface area contributed by atoms with Crippen LogP contribution in [0.4, 0.5) is 4.79 Å². The Morgan fingerprint density at radius 3 is 2.30 bits per heavy atom. The second kappa shape index (κ2) is 16.8. The number of amides is 1. The molecule has 0 radical (unpaired) electrons. The van der Waals surface area contributed by atoms with Crippen molar-refractivity contribution in [2.45, 2.75) is 57.0 Å². The van der Waals surface area contributed by atoms with Gasteiger partial charge in [-0.05, 0) is 76.7 Å². The Balaban J connectivity index is 1.70. The summed E-state index contributed by atoms with van der Waals surface area (Å²) in [7, 11) is 4.15. The van der Waals surface area contributed by atoms with Gasteiger partial charge in [0.25, 0.3) is 0 Å². The Bertz CT molecular complexity index is 1160. The maximum Gasteiger partial charge on any atom is 0.414 e. The average molecular weight is 592 g/mol. The Morgan fingerprint density at radius 2 is 1.77 bits per heavy atom. The van der Waals surface area contributed by atoms with Gasteiger partial charge in [-0.1, -0.05) is 60.7 Å². The van der Waals surface area contributed by atoms with E-state index in [0.29, 0.717) is 44.8 Å². The zero-order valence-electron chi connectivity index (χ0n) is 26.0. The number of carbonyl (C=O) groups excluding carboxylic acids is 2. The zero-order valence-corrected chi connectivity index (χ0v) is 26.0. The second-order valence-electron chi connectivity index (χ2n) is 11.5. The predicted molar refractivity (Wildman–Crippen MR) is 172 cm³/mol. The van der Waals surface area contributed by atoms with Gasteiger partial charge < -0.3 is 30.8 Å². The van der Waals surface area contributed by atoms with Crippen molar-refractivity contribution in [1.82, 2.24) is 20.7 Å². The van der Waals surface area contributed by atoms with Crippen LogP contribution in [0.5, 0.6) is 0 Å². The van der Waals surface area contributed by atoms with Crippen molar-refractivity contribution in [3.05, 3.63) is 83.6 Å². The number of nitrogens with two attached hydrogens (primary N) is 2. The second-order valence-corrected chi connectivity index (χ2v) is 11.5. The van der Waals surface area contributed by atoms with Gasteiger partial charge in [0, 0.05) is 32.2 Å². The fourth-order valence-corrected chi connectivity index (χ4v) is 5.60. The van der Waals surface area contributed by atoms with Crippen molar-refractivity contribution in [1.29, 1.82) is 0 Å². The molecular formula is C33H49N7O3. The number of hydrogen-bond donors (Lipinski definition) is 4. The largest absolute Gasteiger partial charge is 0.414 e. The van der Waals surface area contributed by atoms with Crippen LogP contribution in [0.2, 0.25) is 0 Å². The summed E-state index contributed by atoms with van der Waals surface area (Å²) in [5.74, 6) is 0.903. The minimum atomic E-state index is -0.660. The van der Waals surface area contributed by atoms with Gasteiger partial charge in [-0.15, -0.1) is 0 Å². The number of hydrogen-bond acceptors (Lipinski definition) is 7. The van der Waals surface area contributed by atoms with Crippen LogP contribution >= 0.6 is 0 Å². The summed E-state index contributed by atoms with van der Waals surface area (Å²) in [4.78, 5) is 33.0. The molecule has 0 bridgehead atoms. The predicted octanol–water partition coefficient (Wildman–Crippen LogP) is 3.39. The van der Waals surface area contributed by atoms with E-state index in [4.69, 9.17) is 16.2 Å². The smallest absolute Gasteiger partial charge is 0.414 e. The van der Waals surface area contributed by atoms with Crippen molar-refractivity contribution in [2.24, 2.45) is 22.4 Å². The molecule has 1 amide bonds. The summed E-state index contributed by atoms with van der Waals surface area (Å²) in [6, 6.07) is 20.5. The summed E-state index contributed by atoms with van der Waals surface area (Å²) in [6.07, 6.45) is 5.33. The number of aliphatic imine (C=N–C) groups is 1. The maximum absolute atomic E-state index is 13.7. The minimum absolute atomic E-state index is 0.0496. The molecular weight excluding hydrogens is 542 g/mol. The number of allylic oxidation sites excluding steroid dienone is 2. The van der Waals surface area contributed by atoms with Crippen LogP contribution < -0.4 is 22.3 Å². The number of aldehydes is 1. The van der Waals surface area contributed by atoms with Gasteiger partial charge in [0.05, 0.1) is 11.5 Å². The molecule has 0 aromatic heterocycles. The molecule has 2 aromatic rings. The molecule has 0 aliphatic carbocycles. The van der Waals surface area contributed by atoms with E-state index >= 15 is 0 Å². The van der Waals surface area contributed by atoms with Crippen molar-refractivity contribution < 1.29 is 14.3 Å². The lowest BCUT2D eigenvalue weighted by Gasteiger charge is -2.40. The molecule has 234 valence electrons. The molecule has 1 saturated heterocycles. The Hall–Kier alpha value is -3.73. The van der Waals surface area contributed by atoms with E-state index in [2.05, 4.69) is 66.0 Å². The number of likely N-dealkylation sites (tertiary alicyclic amines) is 1. The molecule has 6 N–H and O–H groups in total. The number of carbonyl (C=O) groups is 2. The first kappa shape index (κ1) is 33.8. The molecule has 1 fully saturated rings. The highest BCUT2D eigenvalue weighted by molar-refractivity contribution is 5.75. The first-order valence-electron chi connectivity index (χ1n) is 15.1. The summed E-state index contributed by atoms with van der Waals surface area (Å²) >= 11 is 0. The third-order valence-corrected chi connectivity index (χ3v) is 8.25. The number of nitrogens with zero attached hydrogens (tertiary/aromatic N) is 3. The van der Waals surface area contributed by atoms with Crippen molar-refractivity contribution in [3.8, 4) is 0 Å². The quantitative estimate of drug-likeness (QED) is 0.0582. The Morgan fingerprint density at radius 1 is 1.14 bits per heavy atom. The van der Waals surface area contributed by atoms with Gasteiger partial charge in [-0.3, -0.25) is 10.4 Å². The van der Waals surface area contributed by atoms with Crippen LogP contribution in [0.25, 0.3) is 0 Å². The van der Waals surface area contributed by atoms with E-state index < -0.39 is 5.41 Å². The Kier molecular flexibility index (Phi) is 13.2. The van der Waals surface area contributed by atoms with Gasteiger partial charge in [0.2, 0.25) is 0 Å². The highest BCUT2D eigenvalue weighted by atomic mass is 16.6. The summed E-state index contributed by atoms with van der Waals surface area (Å²) in [6.45, 7) is 6.41. The highest BCUT2D eigenvalue weighted by Gasteiger charge is 2.43. The summed E-state index contributed by atoms with van der Waals surface area (Å²) < 4.78 is 6.34. The average Bonchev–Trinajstić information content (AvgIpc) is 3.49. The molecule has 0 spiro atoms. The van der Waals surface area contributed by atoms with Crippen molar-refractivity contribution in [2.75, 3.05) is 40.3 Å². The first-order valence-corrected chi connectivity index (χ1v) is 15.1. The number of benzene rings is 2. The number of hydrazine groups is 1. The Labute approximate surface area is 256 Å². The minimum Gasteiger partial charge on any atom is -0.414 e. The van der Waals surface area contributed by atoms with Crippen LogP contribution in [-0.2, 0) is 14.9 Å². The molecule has 43 heavy (non-hydrogen) atoms. The molecule has 1 aliphatic heterocycles. The molecule has 2 unspecified atom stereocenters. The first-order chi connectivity index (χ1) is 20.7. The van der Waals surface area contributed by atoms with Crippen LogP contribution in [0, 0.1) is 5.92 Å². The van der Waals surface area contributed by atoms with E-state index in [1.54, 1.807) is 4.90 Å². The van der Waals surface area contributed by atoms with Gasteiger partial charge >= 0.3 is 6.09 Å². The summed E-state index contributed by atoms with van der Waals surface area (Å²) in [5.41, 5.74) is 18.5. The number of rotatable bonds is 16. The van der Waals surface area contributed by atoms with E-state index in [1.165, 1.54) is 0 Å². The molecule has 0 saturated carbocycles. The fraction of sp³-hybridized carbons (Fsp3) is 0.485. The van der Waals surface area contributed by atoms with E-state index in [9.17, 15) is 9.59 Å². The summed E-state index contributed by atoms with van der Waals surface area (Å²) in [5, 5.41) is 0. The molecule has 2 aromatic carbocycles. The van der Waals surface area contributed by atoms with Gasteiger partial charge in [0.1, 0.15) is 12.0 Å². The van der Waals surface area contributed by atoms with Gasteiger partial charge in [-0.2, -0.15) is 0 Å². The number of ether oxygens (including phenoxy) is 1. The topological polar surface area (TPSA) is 138 Å². The van der Waals surface area contributed by atoms with Crippen molar-refractivity contribution in [3.63, 3.8) is 0 Å². The normalized spacial score (nSPS) is 17.0. The van der Waals surface area contributed by atoms with Crippen molar-refractivity contribution >= 4 is 18.3 Å². The number of guanidine groups is 1. The monoisotopic (exact) mass is 591 g/mol. The van der Waals surface area contributed by atoms with E-state index in [0.717, 1.165) is 30.3 Å². The van der Waals surface area contributed by atoms with E-state index in [-0.39, 0.29) is 30.1 Å². The molecule has 3 atom stereocenters. The lowest BCUT2D eigenvalue weighted by molar-refractivity contribution is -0.110. The lowest BCUT2D eigenvalue weighted by atomic mass is 9.68. The van der Waals surface area contributed by atoms with Crippen LogP contribution in [-0.4, -0.2) is 80.5 Å². The molecule has 1 heterocycles. The SMILES string of the molecule is C/C=C(\OC(=O)N1CCC(CNN[C@H](C=O)CCCN=C(N)N)C1)C(CC(C)N(C)C)(c1ccccc1)c1ccccc1. The lowest BCUT2D eigenvalue weighted by Crippen LogP contribution is -2.44. The standard InChI is InChI=1S/C33H49N7O3/c1-5-30(33(21-25(2)39(3)4,27-13-8-6-9-14-27)28-15-10-7-11-16-28)43-32(42)40-20-18-26(23-40)22-37-38-29(24-41)17-12-19-36-31(34)35/h5-11,13-16,24-26,29,37-38H,12,17-23H2,1-4H3,(H4,34,35,36)/b30-5-/t25?,26?,29-/m0/s1. The fourth-order valence-electron chi connectivity index (χ4n) is 5.60. The molecule has 10 heteroatoms. The van der Waals surface area contributed by atoms with E-state index in [1.807, 2.05) is 49.4 Å². The highest BCUT2D eigenvalue weighted by Crippen LogP contribution is 2.44. The zero-order chi connectivity index (χ0) is 31.2. The third-order valence-electron chi connectivity index (χ3n) is 8.25. The molecule has 10 nitrogen and oxygen atoms in total. The number of nitrogens with one attached hydrogen (secondary N) is 2. The van der Waals surface area contributed by atoms with Crippen LogP contribution in [0.3, 0.4) is 0 Å². The molecule has 1 aliphatic rings. The molecule has 3 rings (SSSR count). The maximum atomic E-state index is 13.7. The third kappa shape index (κ3) is 9.38. The van der Waals surface area contributed by atoms with Crippen LogP contribution in [0.15, 0.2) is 77.5 Å². The van der Waals surface area contributed by atoms with Gasteiger partial charge in [0.15, 0.2) is 5.96 Å². The van der Waals surface area contributed by atoms with Gasteiger partial charge in [-0.25, -0.2) is 10.2 Å². The van der Waals surface area contributed by atoms with Crippen LogP contribution in [0.1, 0.15) is 50.7 Å².